The lowest BCUT2D eigenvalue weighted by molar-refractivity contribution is -0.136. The number of aliphatic carboxylic acids is 1. The minimum Gasteiger partial charge on any atom is -0.489 e. The Bertz CT molecular complexity index is 547. The summed E-state index contributed by atoms with van der Waals surface area (Å²) in [5.41, 5.74) is 1.88. The fourth-order valence-electron chi connectivity index (χ4n) is 1.63. The molecule has 0 amide bonds. The van der Waals surface area contributed by atoms with Crippen molar-refractivity contribution in [1.29, 1.82) is 0 Å². The number of halogens is 1. The third-order valence-electron chi connectivity index (χ3n) is 2.60. The topological polar surface area (TPSA) is 46.5 Å². The molecule has 4 heteroatoms. The van der Waals surface area contributed by atoms with Crippen LogP contribution in [0.5, 0.6) is 5.75 Å². The molecule has 2 rings (SSSR count). The monoisotopic (exact) mass is 368 g/mol. The molecule has 0 radical (unpaired) electrons. The lowest BCUT2D eigenvalue weighted by atomic mass is 10.1. The van der Waals surface area contributed by atoms with Crippen LogP contribution in [0.2, 0.25) is 0 Å². The van der Waals surface area contributed by atoms with Gasteiger partial charge in [0.05, 0.1) is 6.42 Å². The van der Waals surface area contributed by atoms with E-state index in [0.717, 1.165) is 16.9 Å². The Morgan fingerprint density at radius 1 is 1.00 bits per heavy atom. The molecular formula is C15H13IO3. The van der Waals surface area contributed by atoms with Gasteiger partial charge in [-0.1, -0.05) is 24.3 Å². The van der Waals surface area contributed by atoms with Gasteiger partial charge in [-0.25, -0.2) is 0 Å². The molecule has 2 aromatic rings. The van der Waals surface area contributed by atoms with Gasteiger partial charge in [0, 0.05) is 3.57 Å². The molecule has 0 aromatic heterocycles. The summed E-state index contributed by atoms with van der Waals surface area (Å²) < 4.78 is 6.84. The van der Waals surface area contributed by atoms with E-state index in [1.807, 2.05) is 24.3 Å². The maximum Gasteiger partial charge on any atom is 0.307 e. The molecule has 0 spiro atoms. The van der Waals surface area contributed by atoms with Crippen LogP contribution in [0.4, 0.5) is 0 Å². The first-order chi connectivity index (χ1) is 9.13. The second-order valence-electron chi connectivity index (χ2n) is 4.13. The number of hydrogen-bond donors (Lipinski definition) is 1. The van der Waals surface area contributed by atoms with Crippen molar-refractivity contribution in [3.05, 3.63) is 63.2 Å². The van der Waals surface area contributed by atoms with Gasteiger partial charge in [-0.05, 0) is 58.0 Å². The molecule has 0 aliphatic rings. The summed E-state index contributed by atoms with van der Waals surface area (Å²) in [6.07, 6.45) is 0.0391. The summed E-state index contributed by atoms with van der Waals surface area (Å²) in [4.78, 5) is 10.6. The highest BCUT2D eigenvalue weighted by atomic mass is 127. The van der Waals surface area contributed by atoms with Crippen LogP contribution in [0.1, 0.15) is 11.1 Å². The first-order valence-corrected chi connectivity index (χ1v) is 6.89. The molecule has 0 heterocycles. The van der Waals surface area contributed by atoms with E-state index < -0.39 is 5.97 Å². The smallest absolute Gasteiger partial charge is 0.307 e. The molecule has 1 N–H and O–H groups in total. The van der Waals surface area contributed by atoms with Crippen LogP contribution < -0.4 is 4.74 Å². The normalized spacial score (nSPS) is 10.2. The minimum absolute atomic E-state index is 0.0391. The zero-order valence-electron chi connectivity index (χ0n) is 10.2. The molecule has 3 nitrogen and oxygen atoms in total. The van der Waals surface area contributed by atoms with Gasteiger partial charge < -0.3 is 9.84 Å². The first kappa shape index (κ1) is 13.9. The molecule has 19 heavy (non-hydrogen) atoms. The van der Waals surface area contributed by atoms with Crippen molar-refractivity contribution in [2.75, 3.05) is 0 Å². The van der Waals surface area contributed by atoms with Crippen molar-refractivity contribution < 1.29 is 14.6 Å². The number of ether oxygens (including phenoxy) is 1. The fourth-order valence-corrected chi connectivity index (χ4v) is 1.99. The summed E-state index contributed by atoms with van der Waals surface area (Å²) >= 11 is 2.26. The van der Waals surface area contributed by atoms with Gasteiger partial charge in [-0.2, -0.15) is 0 Å². The van der Waals surface area contributed by atoms with Crippen molar-refractivity contribution in [2.24, 2.45) is 0 Å². The lowest BCUT2D eigenvalue weighted by Crippen LogP contribution is -2.00. The standard InChI is InChI=1S/C15H13IO3/c16-13-5-1-12(2-6-13)10-19-14-7-3-11(4-8-14)9-15(17)18/h1-8H,9-10H2,(H,17,18). The molecule has 0 atom stereocenters. The van der Waals surface area contributed by atoms with Crippen LogP contribution in [0, 0.1) is 3.57 Å². The van der Waals surface area contributed by atoms with Gasteiger partial charge in [0.2, 0.25) is 0 Å². The van der Waals surface area contributed by atoms with E-state index in [0.29, 0.717) is 6.61 Å². The van der Waals surface area contributed by atoms with Gasteiger partial charge >= 0.3 is 5.97 Å². The fraction of sp³-hybridized carbons (Fsp3) is 0.133. The van der Waals surface area contributed by atoms with Crippen LogP contribution >= 0.6 is 22.6 Å². The van der Waals surface area contributed by atoms with Gasteiger partial charge in [0.1, 0.15) is 12.4 Å². The molecular weight excluding hydrogens is 355 g/mol. The number of benzene rings is 2. The lowest BCUT2D eigenvalue weighted by Gasteiger charge is -2.07. The molecule has 0 aliphatic carbocycles. The largest absolute Gasteiger partial charge is 0.489 e. The van der Waals surface area contributed by atoms with Crippen molar-refractivity contribution in [3.8, 4) is 5.75 Å². The summed E-state index contributed by atoms with van der Waals surface area (Å²) in [6, 6.07) is 15.3. The van der Waals surface area contributed by atoms with E-state index in [4.69, 9.17) is 9.84 Å². The Kier molecular flexibility index (Phi) is 4.79. The Morgan fingerprint density at radius 3 is 2.16 bits per heavy atom. The maximum atomic E-state index is 10.6. The Hall–Kier alpha value is -1.56. The molecule has 0 aliphatic heterocycles. The van der Waals surface area contributed by atoms with E-state index in [2.05, 4.69) is 22.6 Å². The average Bonchev–Trinajstić information content (AvgIpc) is 2.39. The summed E-state index contributed by atoms with van der Waals surface area (Å²) in [5, 5.41) is 8.68. The van der Waals surface area contributed by atoms with Crippen molar-refractivity contribution in [3.63, 3.8) is 0 Å². The number of rotatable bonds is 5. The molecule has 0 saturated heterocycles. The SMILES string of the molecule is O=C(O)Cc1ccc(OCc2ccc(I)cc2)cc1. The quantitative estimate of drug-likeness (QED) is 0.822. The molecule has 0 fully saturated rings. The van der Waals surface area contributed by atoms with Crippen LogP contribution in [0.25, 0.3) is 0 Å². The predicted octanol–water partition coefficient (Wildman–Crippen LogP) is 3.50. The van der Waals surface area contributed by atoms with Gasteiger partial charge in [-0.15, -0.1) is 0 Å². The predicted molar refractivity (Wildman–Crippen MR) is 81.3 cm³/mol. The Balaban J connectivity index is 1.92. The van der Waals surface area contributed by atoms with Gasteiger partial charge in [0.25, 0.3) is 0 Å². The van der Waals surface area contributed by atoms with Gasteiger partial charge in [-0.3, -0.25) is 4.79 Å². The summed E-state index contributed by atoms with van der Waals surface area (Å²) in [6.45, 7) is 0.509. The molecule has 98 valence electrons. The highest BCUT2D eigenvalue weighted by Crippen LogP contribution is 2.15. The van der Waals surface area contributed by atoms with E-state index in [-0.39, 0.29) is 6.42 Å². The third kappa shape index (κ3) is 4.55. The second kappa shape index (κ2) is 6.56. The van der Waals surface area contributed by atoms with Crippen molar-refractivity contribution in [1.82, 2.24) is 0 Å². The number of carbonyl (C=O) groups is 1. The maximum absolute atomic E-state index is 10.6. The number of carboxylic acid groups (broad SMARTS) is 1. The summed E-state index contributed by atoms with van der Waals surface area (Å²) in [5.74, 6) is -0.0831. The van der Waals surface area contributed by atoms with E-state index >= 15 is 0 Å². The highest BCUT2D eigenvalue weighted by molar-refractivity contribution is 14.1. The Labute approximate surface area is 125 Å². The minimum atomic E-state index is -0.826. The first-order valence-electron chi connectivity index (χ1n) is 5.81. The van der Waals surface area contributed by atoms with Crippen LogP contribution in [0.3, 0.4) is 0 Å². The zero-order valence-corrected chi connectivity index (χ0v) is 12.3. The van der Waals surface area contributed by atoms with Crippen LogP contribution in [0.15, 0.2) is 48.5 Å². The molecule has 0 unspecified atom stereocenters. The third-order valence-corrected chi connectivity index (χ3v) is 3.32. The van der Waals surface area contributed by atoms with E-state index in [1.165, 1.54) is 3.57 Å². The van der Waals surface area contributed by atoms with E-state index in [9.17, 15) is 4.79 Å². The molecule has 0 saturated carbocycles. The van der Waals surface area contributed by atoms with Crippen LogP contribution in [-0.2, 0) is 17.8 Å². The second-order valence-corrected chi connectivity index (χ2v) is 5.38. The van der Waals surface area contributed by atoms with E-state index in [1.54, 1.807) is 24.3 Å². The number of carboxylic acids is 1. The van der Waals surface area contributed by atoms with Crippen molar-refractivity contribution in [2.45, 2.75) is 13.0 Å². The van der Waals surface area contributed by atoms with Crippen molar-refractivity contribution >= 4 is 28.6 Å². The van der Waals surface area contributed by atoms with Crippen LogP contribution in [-0.4, -0.2) is 11.1 Å². The molecule has 2 aromatic carbocycles. The summed E-state index contributed by atoms with van der Waals surface area (Å²) in [7, 11) is 0. The Morgan fingerprint density at radius 2 is 1.58 bits per heavy atom. The highest BCUT2D eigenvalue weighted by Gasteiger charge is 2.01. The number of hydrogen-bond acceptors (Lipinski definition) is 2. The molecule has 0 bridgehead atoms. The average molecular weight is 368 g/mol. The zero-order chi connectivity index (χ0) is 13.7. The van der Waals surface area contributed by atoms with Gasteiger partial charge in [0.15, 0.2) is 0 Å².